The topological polar surface area (TPSA) is 29.5 Å². The second-order valence-electron chi connectivity index (χ2n) is 5.52. The Kier molecular flexibility index (Phi) is 3.91. The number of benzene rings is 2. The van der Waals surface area contributed by atoms with Gasteiger partial charge in [-0.1, -0.05) is 48.0 Å². The van der Waals surface area contributed by atoms with Crippen molar-refractivity contribution < 1.29 is 9.53 Å². The SMILES string of the molecule is Cc1ccc(OC(=O)N2CCC(c3ccccc3)C2)cc1. The van der Waals surface area contributed by atoms with Crippen LogP contribution in [0.25, 0.3) is 0 Å². The molecular formula is C18H19NO2. The van der Waals surface area contributed by atoms with Crippen LogP contribution in [0.3, 0.4) is 0 Å². The fraction of sp³-hybridized carbons (Fsp3) is 0.278. The number of carbonyl (C=O) groups excluding carboxylic acids is 1. The Balaban J connectivity index is 1.61. The molecule has 0 aromatic heterocycles. The zero-order valence-corrected chi connectivity index (χ0v) is 12.2. The predicted octanol–water partition coefficient (Wildman–Crippen LogP) is 3.98. The molecular weight excluding hydrogens is 262 g/mol. The third-order valence-electron chi connectivity index (χ3n) is 3.94. The Morgan fingerprint density at radius 2 is 1.81 bits per heavy atom. The molecule has 0 saturated carbocycles. The summed E-state index contributed by atoms with van der Waals surface area (Å²) < 4.78 is 5.42. The van der Waals surface area contributed by atoms with Gasteiger partial charge in [0.15, 0.2) is 0 Å². The molecule has 21 heavy (non-hydrogen) atoms. The highest BCUT2D eigenvalue weighted by Gasteiger charge is 2.28. The van der Waals surface area contributed by atoms with Gasteiger partial charge in [0, 0.05) is 19.0 Å². The number of ether oxygens (including phenoxy) is 1. The molecule has 3 rings (SSSR count). The number of likely N-dealkylation sites (tertiary alicyclic amines) is 1. The Hall–Kier alpha value is -2.29. The fourth-order valence-electron chi connectivity index (χ4n) is 2.70. The maximum Gasteiger partial charge on any atom is 0.415 e. The Bertz CT molecular complexity index is 607. The van der Waals surface area contributed by atoms with Gasteiger partial charge < -0.3 is 9.64 Å². The van der Waals surface area contributed by atoms with E-state index in [-0.39, 0.29) is 6.09 Å². The van der Waals surface area contributed by atoms with Gasteiger partial charge in [-0.15, -0.1) is 0 Å². The van der Waals surface area contributed by atoms with Gasteiger partial charge in [-0.05, 0) is 31.0 Å². The van der Waals surface area contributed by atoms with Crippen molar-refractivity contribution in [3.63, 3.8) is 0 Å². The highest BCUT2D eigenvalue weighted by molar-refractivity contribution is 5.71. The number of carbonyl (C=O) groups is 1. The van der Waals surface area contributed by atoms with Crippen LogP contribution in [0.15, 0.2) is 54.6 Å². The second kappa shape index (κ2) is 6.00. The first kappa shape index (κ1) is 13.7. The first-order valence-electron chi connectivity index (χ1n) is 7.31. The summed E-state index contributed by atoms with van der Waals surface area (Å²) in [6.45, 7) is 3.50. The van der Waals surface area contributed by atoms with Crippen molar-refractivity contribution in [1.29, 1.82) is 0 Å². The van der Waals surface area contributed by atoms with Gasteiger partial charge in [0.2, 0.25) is 0 Å². The van der Waals surface area contributed by atoms with Crippen LogP contribution in [-0.2, 0) is 0 Å². The first-order valence-corrected chi connectivity index (χ1v) is 7.31. The van der Waals surface area contributed by atoms with Crippen LogP contribution < -0.4 is 4.74 Å². The number of hydrogen-bond donors (Lipinski definition) is 0. The zero-order valence-electron chi connectivity index (χ0n) is 12.2. The Labute approximate surface area is 125 Å². The van der Waals surface area contributed by atoms with Gasteiger partial charge in [0.05, 0.1) is 0 Å². The smallest absolute Gasteiger partial charge is 0.410 e. The molecule has 3 heteroatoms. The van der Waals surface area contributed by atoms with Crippen LogP contribution in [0.1, 0.15) is 23.5 Å². The van der Waals surface area contributed by atoms with E-state index < -0.39 is 0 Å². The Morgan fingerprint density at radius 1 is 1.10 bits per heavy atom. The largest absolute Gasteiger partial charge is 0.415 e. The summed E-state index contributed by atoms with van der Waals surface area (Å²) in [5, 5.41) is 0. The van der Waals surface area contributed by atoms with Gasteiger partial charge in [0.25, 0.3) is 0 Å². The van der Waals surface area contributed by atoms with E-state index in [0.29, 0.717) is 11.7 Å². The number of aryl methyl sites for hydroxylation is 1. The summed E-state index contributed by atoms with van der Waals surface area (Å²) >= 11 is 0. The van der Waals surface area contributed by atoms with Crippen molar-refractivity contribution in [2.75, 3.05) is 13.1 Å². The van der Waals surface area contributed by atoms with E-state index in [1.807, 2.05) is 49.4 Å². The minimum absolute atomic E-state index is 0.253. The molecule has 1 amide bonds. The van der Waals surface area contributed by atoms with E-state index in [4.69, 9.17) is 4.74 Å². The quantitative estimate of drug-likeness (QED) is 0.833. The number of amides is 1. The van der Waals surface area contributed by atoms with Crippen LogP contribution in [0.2, 0.25) is 0 Å². The summed E-state index contributed by atoms with van der Waals surface area (Å²) in [6, 6.07) is 17.9. The molecule has 3 nitrogen and oxygen atoms in total. The molecule has 0 bridgehead atoms. The van der Waals surface area contributed by atoms with E-state index in [9.17, 15) is 4.79 Å². The minimum Gasteiger partial charge on any atom is -0.410 e. The molecule has 1 fully saturated rings. The molecule has 0 radical (unpaired) electrons. The fourth-order valence-corrected chi connectivity index (χ4v) is 2.70. The van der Waals surface area contributed by atoms with Crippen molar-refractivity contribution in [2.24, 2.45) is 0 Å². The maximum absolute atomic E-state index is 12.2. The monoisotopic (exact) mass is 281 g/mol. The maximum atomic E-state index is 12.2. The molecule has 0 spiro atoms. The average Bonchev–Trinajstić information content (AvgIpc) is 3.00. The third-order valence-corrected chi connectivity index (χ3v) is 3.94. The van der Waals surface area contributed by atoms with Gasteiger partial charge in [-0.25, -0.2) is 4.79 Å². The van der Waals surface area contributed by atoms with Crippen LogP contribution >= 0.6 is 0 Å². The van der Waals surface area contributed by atoms with Crippen molar-refractivity contribution in [3.8, 4) is 5.75 Å². The highest BCUT2D eigenvalue weighted by atomic mass is 16.6. The molecule has 2 aromatic carbocycles. The summed E-state index contributed by atoms with van der Waals surface area (Å²) in [7, 11) is 0. The van der Waals surface area contributed by atoms with Crippen molar-refractivity contribution >= 4 is 6.09 Å². The van der Waals surface area contributed by atoms with Crippen molar-refractivity contribution in [3.05, 3.63) is 65.7 Å². The lowest BCUT2D eigenvalue weighted by atomic mass is 9.99. The second-order valence-corrected chi connectivity index (χ2v) is 5.52. The van der Waals surface area contributed by atoms with Crippen LogP contribution in [0.4, 0.5) is 4.79 Å². The molecule has 1 unspecified atom stereocenters. The van der Waals surface area contributed by atoms with Crippen molar-refractivity contribution in [2.45, 2.75) is 19.3 Å². The zero-order chi connectivity index (χ0) is 14.7. The van der Waals surface area contributed by atoms with E-state index in [2.05, 4.69) is 12.1 Å². The van der Waals surface area contributed by atoms with Crippen LogP contribution in [-0.4, -0.2) is 24.1 Å². The molecule has 1 saturated heterocycles. The summed E-state index contributed by atoms with van der Waals surface area (Å²) in [5.41, 5.74) is 2.45. The van der Waals surface area contributed by atoms with Crippen LogP contribution in [0.5, 0.6) is 5.75 Å². The van der Waals surface area contributed by atoms with Crippen molar-refractivity contribution in [1.82, 2.24) is 4.90 Å². The van der Waals surface area contributed by atoms with E-state index in [1.165, 1.54) is 5.56 Å². The van der Waals surface area contributed by atoms with Gasteiger partial charge in [0.1, 0.15) is 5.75 Å². The molecule has 1 atom stereocenters. The van der Waals surface area contributed by atoms with Crippen LogP contribution in [0, 0.1) is 6.92 Å². The molecule has 0 N–H and O–H groups in total. The van der Waals surface area contributed by atoms with E-state index in [1.54, 1.807) is 4.90 Å². The summed E-state index contributed by atoms with van der Waals surface area (Å²) in [4.78, 5) is 14.0. The molecule has 2 aromatic rings. The average molecular weight is 281 g/mol. The molecule has 1 aliphatic heterocycles. The lowest BCUT2D eigenvalue weighted by Crippen LogP contribution is -2.31. The number of nitrogens with zero attached hydrogens (tertiary/aromatic N) is 1. The standard InChI is InChI=1S/C18H19NO2/c1-14-7-9-17(10-8-14)21-18(20)19-12-11-16(13-19)15-5-3-2-4-6-15/h2-10,16H,11-13H2,1H3. The number of hydrogen-bond acceptors (Lipinski definition) is 2. The lowest BCUT2D eigenvalue weighted by Gasteiger charge is -2.16. The van der Waals surface area contributed by atoms with E-state index in [0.717, 1.165) is 25.1 Å². The minimum atomic E-state index is -0.253. The third kappa shape index (κ3) is 3.24. The van der Waals surface area contributed by atoms with E-state index >= 15 is 0 Å². The molecule has 1 heterocycles. The highest BCUT2D eigenvalue weighted by Crippen LogP contribution is 2.27. The van der Waals surface area contributed by atoms with Gasteiger partial charge in [-0.3, -0.25) is 0 Å². The first-order chi connectivity index (χ1) is 10.2. The molecule has 1 aliphatic rings. The van der Waals surface area contributed by atoms with Gasteiger partial charge >= 0.3 is 6.09 Å². The normalized spacial score (nSPS) is 17.8. The Morgan fingerprint density at radius 3 is 2.52 bits per heavy atom. The summed E-state index contributed by atoms with van der Waals surface area (Å²) in [6.07, 6.45) is 0.741. The molecule has 108 valence electrons. The van der Waals surface area contributed by atoms with Gasteiger partial charge in [-0.2, -0.15) is 0 Å². The predicted molar refractivity (Wildman–Crippen MR) is 82.6 cm³/mol. The lowest BCUT2D eigenvalue weighted by molar-refractivity contribution is 0.162. The number of rotatable bonds is 2. The summed E-state index contributed by atoms with van der Waals surface area (Å²) in [5.74, 6) is 1.02. The molecule has 0 aliphatic carbocycles.